The molecule has 0 aliphatic carbocycles. The minimum atomic E-state index is -3.50. The Morgan fingerprint density at radius 1 is 1.41 bits per heavy atom. The molecule has 0 aromatic carbocycles. The molecule has 17 heavy (non-hydrogen) atoms. The van der Waals surface area contributed by atoms with Gasteiger partial charge in [-0.1, -0.05) is 32.4 Å². The molecule has 1 aromatic rings. The molecule has 1 heterocycles. The van der Waals surface area contributed by atoms with Crippen LogP contribution >= 0.6 is 11.6 Å². The topological polar surface area (TPSA) is 59.1 Å². The molecular weight excluding hydrogens is 260 g/mol. The molecule has 0 saturated carbocycles. The lowest BCUT2D eigenvalue weighted by Gasteiger charge is -2.20. The summed E-state index contributed by atoms with van der Waals surface area (Å²) in [6.07, 6.45) is 2.01. The maximum Gasteiger partial charge on any atom is 0.242 e. The van der Waals surface area contributed by atoms with E-state index in [4.69, 9.17) is 11.6 Å². The van der Waals surface area contributed by atoms with Gasteiger partial charge in [0, 0.05) is 12.2 Å². The Kier molecular flexibility index (Phi) is 4.91. The van der Waals surface area contributed by atoms with Crippen molar-refractivity contribution in [1.29, 1.82) is 0 Å². The molecule has 1 aromatic heterocycles. The number of nitrogens with one attached hydrogen (secondary N) is 1. The van der Waals surface area contributed by atoms with Crippen LogP contribution in [-0.4, -0.2) is 19.4 Å². The third-order valence-corrected chi connectivity index (χ3v) is 4.26. The summed E-state index contributed by atoms with van der Waals surface area (Å²) in [5, 5.41) is 0.278. The van der Waals surface area contributed by atoms with E-state index in [1.807, 2.05) is 20.8 Å². The van der Waals surface area contributed by atoms with Gasteiger partial charge in [0.2, 0.25) is 10.0 Å². The molecule has 96 valence electrons. The Morgan fingerprint density at radius 3 is 2.47 bits per heavy atom. The van der Waals surface area contributed by atoms with Crippen molar-refractivity contribution >= 4 is 21.6 Å². The number of pyridine rings is 1. The van der Waals surface area contributed by atoms with Gasteiger partial charge < -0.3 is 0 Å². The molecule has 6 heteroatoms. The summed E-state index contributed by atoms with van der Waals surface area (Å²) in [5.74, 6) is 0.245. The zero-order valence-corrected chi connectivity index (χ0v) is 11.7. The predicted molar refractivity (Wildman–Crippen MR) is 68.5 cm³/mol. The Labute approximate surface area is 107 Å². The lowest BCUT2D eigenvalue weighted by Crippen LogP contribution is -2.37. The van der Waals surface area contributed by atoms with Gasteiger partial charge in [-0.2, -0.15) is 0 Å². The highest BCUT2D eigenvalue weighted by Crippen LogP contribution is 2.14. The lowest BCUT2D eigenvalue weighted by atomic mass is 10.0. The SMILES string of the molecule is CCC(NS(=O)(=O)c1ccc(Cl)nc1)C(C)C. The fraction of sp³-hybridized carbons (Fsp3) is 0.545. The highest BCUT2D eigenvalue weighted by molar-refractivity contribution is 7.89. The standard InChI is InChI=1S/C11H17ClN2O2S/c1-4-10(8(2)3)14-17(15,16)9-5-6-11(12)13-7-9/h5-8,10,14H,4H2,1-3H3. The van der Waals surface area contributed by atoms with Crippen molar-refractivity contribution in [3.05, 3.63) is 23.5 Å². The second kappa shape index (κ2) is 5.80. The average molecular weight is 277 g/mol. The Bertz CT molecular complexity index is 457. The van der Waals surface area contributed by atoms with Gasteiger partial charge in [0.25, 0.3) is 0 Å². The Balaban J connectivity index is 2.92. The van der Waals surface area contributed by atoms with Crippen molar-refractivity contribution in [2.75, 3.05) is 0 Å². The number of sulfonamides is 1. The van der Waals surface area contributed by atoms with Crippen molar-refractivity contribution in [3.63, 3.8) is 0 Å². The number of nitrogens with zero attached hydrogens (tertiary/aromatic N) is 1. The van der Waals surface area contributed by atoms with Gasteiger partial charge in [0.05, 0.1) is 0 Å². The van der Waals surface area contributed by atoms with Crippen LogP contribution < -0.4 is 4.72 Å². The van der Waals surface area contributed by atoms with Crippen LogP contribution in [0.4, 0.5) is 0 Å². The second-order valence-electron chi connectivity index (χ2n) is 4.20. The van der Waals surface area contributed by atoms with Crippen molar-refractivity contribution in [2.45, 2.75) is 38.1 Å². The molecule has 1 N–H and O–H groups in total. The number of halogens is 1. The van der Waals surface area contributed by atoms with E-state index in [9.17, 15) is 8.42 Å². The largest absolute Gasteiger partial charge is 0.243 e. The molecule has 0 bridgehead atoms. The maximum absolute atomic E-state index is 12.0. The monoisotopic (exact) mass is 276 g/mol. The molecule has 1 atom stereocenters. The maximum atomic E-state index is 12.0. The molecule has 0 spiro atoms. The fourth-order valence-corrected chi connectivity index (χ4v) is 3.00. The van der Waals surface area contributed by atoms with Crippen molar-refractivity contribution in [2.24, 2.45) is 5.92 Å². The molecule has 0 aliphatic rings. The first-order valence-corrected chi connectivity index (χ1v) is 7.36. The molecule has 4 nitrogen and oxygen atoms in total. The first-order chi connectivity index (χ1) is 7.86. The molecule has 0 aliphatic heterocycles. The molecule has 0 fully saturated rings. The number of hydrogen-bond acceptors (Lipinski definition) is 3. The minimum absolute atomic E-state index is 0.0734. The van der Waals surface area contributed by atoms with E-state index in [0.29, 0.717) is 0 Å². The third kappa shape index (κ3) is 3.94. The van der Waals surface area contributed by atoms with Gasteiger partial charge >= 0.3 is 0 Å². The molecule has 1 rings (SSSR count). The Morgan fingerprint density at radius 2 is 2.06 bits per heavy atom. The lowest BCUT2D eigenvalue weighted by molar-refractivity contribution is 0.437. The summed E-state index contributed by atoms with van der Waals surface area (Å²) in [4.78, 5) is 3.91. The van der Waals surface area contributed by atoms with Crippen LogP contribution in [0.2, 0.25) is 5.15 Å². The Hall–Kier alpha value is -0.650. The van der Waals surface area contributed by atoms with Crippen molar-refractivity contribution < 1.29 is 8.42 Å². The van der Waals surface area contributed by atoms with Gasteiger partial charge in [0.15, 0.2) is 0 Å². The van der Waals surface area contributed by atoms with Gasteiger partial charge in [-0.3, -0.25) is 0 Å². The van der Waals surface area contributed by atoms with Crippen LogP contribution in [0.25, 0.3) is 0 Å². The summed E-state index contributed by atoms with van der Waals surface area (Å²) in [7, 11) is -3.50. The molecule has 0 amide bonds. The van der Waals surface area contributed by atoms with E-state index in [1.165, 1.54) is 18.3 Å². The number of aromatic nitrogens is 1. The van der Waals surface area contributed by atoms with Crippen LogP contribution in [-0.2, 0) is 10.0 Å². The first kappa shape index (κ1) is 14.4. The quantitative estimate of drug-likeness (QED) is 0.841. The molecule has 1 unspecified atom stereocenters. The summed E-state index contributed by atoms with van der Waals surface area (Å²) in [6.45, 7) is 5.92. The second-order valence-corrected chi connectivity index (χ2v) is 6.30. The highest BCUT2D eigenvalue weighted by Gasteiger charge is 2.21. The summed E-state index contributed by atoms with van der Waals surface area (Å²) in [6, 6.07) is 2.84. The first-order valence-electron chi connectivity index (χ1n) is 5.50. The van der Waals surface area contributed by atoms with E-state index in [-0.39, 0.29) is 22.0 Å². The van der Waals surface area contributed by atoms with E-state index in [0.717, 1.165) is 6.42 Å². The fourth-order valence-electron chi connectivity index (χ4n) is 1.48. The van der Waals surface area contributed by atoms with E-state index in [2.05, 4.69) is 9.71 Å². The van der Waals surface area contributed by atoms with E-state index >= 15 is 0 Å². The minimum Gasteiger partial charge on any atom is -0.243 e. The zero-order chi connectivity index (χ0) is 13.1. The smallest absolute Gasteiger partial charge is 0.242 e. The van der Waals surface area contributed by atoms with Crippen LogP contribution in [0.15, 0.2) is 23.2 Å². The van der Waals surface area contributed by atoms with Gasteiger partial charge in [0.1, 0.15) is 10.0 Å². The summed E-state index contributed by atoms with van der Waals surface area (Å²) < 4.78 is 26.7. The highest BCUT2D eigenvalue weighted by atomic mass is 35.5. The number of rotatable bonds is 5. The van der Waals surface area contributed by atoms with E-state index < -0.39 is 10.0 Å². The van der Waals surface area contributed by atoms with Gasteiger partial charge in [-0.25, -0.2) is 18.1 Å². The van der Waals surface area contributed by atoms with Crippen LogP contribution in [0.3, 0.4) is 0 Å². The third-order valence-electron chi connectivity index (χ3n) is 2.56. The average Bonchev–Trinajstić information content (AvgIpc) is 2.26. The van der Waals surface area contributed by atoms with Gasteiger partial charge in [-0.05, 0) is 24.5 Å². The summed E-state index contributed by atoms with van der Waals surface area (Å²) >= 11 is 5.62. The van der Waals surface area contributed by atoms with Crippen LogP contribution in [0.1, 0.15) is 27.2 Å². The van der Waals surface area contributed by atoms with E-state index in [1.54, 1.807) is 0 Å². The molecular formula is C11H17ClN2O2S. The van der Waals surface area contributed by atoms with Gasteiger partial charge in [-0.15, -0.1) is 0 Å². The molecule has 0 radical (unpaired) electrons. The van der Waals surface area contributed by atoms with Crippen molar-refractivity contribution in [3.8, 4) is 0 Å². The summed E-state index contributed by atoms with van der Waals surface area (Å²) in [5.41, 5.74) is 0. The molecule has 0 saturated heterocycles. The zero-order valence-electron chi connectivity index (χ0n) is 10.1. The van der Waals surface area contributed by atoms with Crippen LogP contribution in [0, 0.1) is 5.92 Å². The van der Waals surface area contributed by atoms with Crippen LogP contribution in [0.5, 0.6) is 0 Å². The predicted octanol–water partition coefficient (Wildman–Crippen LogP) is 2.45. The van der Waals surface area contributed by atoms with Crippen molar-refractivity contribution in [1.82, 2.24) is 9.71 Å². The normalized spacial score (nSPS) is 13.9. The number of hydrogen-bond donors (Lipinski definition) is 1.